The molecule has 2 N–H and O–H groups in total. The van der Waals surface area contributed by atoms with Gasteiger partial charge in [-0.25, -0.2) is 8.78 Å². The second-order valence-electron chi connectivity index (χ2n) is 4.84. The van der Waals surface area contributed by atoms with Gasteiger partial charge in [-0.3, -0.25) is 0 Å². The normalized spacial score (nSPS) is 12.6. The van der Waals surface area contributed by atoms with Gasteiger partial charge in [0.1, 0.15) is 11.6 Å². The molecule has 1 unspecified atom stereocenters. The van der Waals surface area contributed by atoms with E-state index in [-0.39, 0.29) is 12.3 Å². The van der Waals surface area contributed by atoms with Crippen LogP contribution in [0.15, 0.2) is 22.7 Å². The zero-order chi connectivity index (χ0) is 14.5. The van der Waals surface area contributed by atoms with E-state index < -0.39 is 11.6 Å². The lowest BCUT2D eigenvalue weighted by Gasteiger charge is -2.03. The Kier molecular flexibility index (Phi) is 4.79. The van der Waals surface area contributed by atoms with E-state index in [2.05, 4.69) is 10.1 Å². The molecule has 108 valence electrons. The molecule has 4 nitrogen and oxygen atoms in total. The molecule has 0 aliphatic carbocycles. The third-order valence-corrected chi connectivity index (χ3v) is 3.03. The fourth-order valence-electron chi connectivity index (χ4n) is 1.98. The molecule has 0 spiro atoms. The maximum Gasteiger partial charge on any atom is 0.229 e. The minimum Gasteiger partial charge on any atom is -0.339 e. The molecule has 0 saturated carbocycles. The van der Waals surface area contributed by atoms with E-state index >= 15 is 0 Å². The number of benzene rings is 1. The van der Waals surface area contributed by atoms with Crippen LogP contribution >= 0.6 is 0 Å². The number of hydrogen-bond donors (Lipinski definition) is 1. The number of aromatic nitrogens is 2. The third-order valence-electron chi connectivity index (χ3n) is 3.03. The van der Waals surface area contributed by atoms with Crippen molar-refractivity contribution in [3.8, 4) is 0 Å². The lowest BCUT2D eigenvalue weighted by molar-refractivity contribution is 0.348. The first-order valence-electron chi connectivity index (χ1n) is 6.56. The monoisotopic (exact) mass is 281 g/mol. The predicted octanol–water partition coefficient (Wildman–Crippen LogP) is 2.78. The summed E-state index contributed by atoms with van der Waals surface area (Å²) in [5.74, 6) is -0.140. The summed E-state index contributed by atoms with van der Waals surface area (Å²) in [5.41, 5.74) is 5.93. The molecule has 20 heavy (non-hydrogen) atoms. The van der Waals surface area contributed by atoms with Gasteiger partial charge in [-0.1, -0.05) is 12.1 Å². The summed E-state index contributed by atoms with van der Waals surface area (Å²) >= 11 is 0. The molecular formula is C14H17F2N3O. The second kappa shape index (κ2) is 6.56. The highest BCUT2D eigenvalue weighted by Crippen LogP contribution is 2.19. The predicted molar refractivity (Wildman–Crippen MR) is 70.2 cm³/mol. The third kappa shape index (κ3) is 3.84. The van der Waals surface area contributed by atoms with E-state index in [9.17, 15) is 8.78 Å². The molecule has 6 heteroatoms. The van der Waals surface area contributed by atoms with Crippen molar-refractivity contribution in [2.75, 3.05) is 6.54 Å². The van der Waals surface area contributed by atoms with Crippen LogP contribution in [0.25, 0.3) is 0 Å². The standard InChI is InChI=1S/C14H17F2N3O/c1-9(3-2-4-17)14-18-13(19-20-14)7-10-5-11(15)8-12(16)6-10/h5-6,8-9H,2-4,7,17H2,1H3. The van der Waals surface area contributed by atoms with Crippen LogP contribution in [-0.4, -0.2) is 16.7 Å². The summed E-state index contributed by atoms with van der Waals surface area (Å²) in [4.78, 5) is 4.25. The van der Waals surface area contributed by atoms with Gasteiger partial charge in [0.05, 0.1) is 0 Å². The minimum atomic E-state index is -0.611. The molecule has 0 aliphatic rings. The molecule has 1 atom stereocenters. The molecule has 0 radical (unpaired) electrons. The summed E-state index contributed by atoms with van der Waals surface area (Å²) in [5, 5.41) is 3.84. The van der Waals surface area contributed by atoms with E-state index in [1.165, 1.54) is 12.1 Å². The first kappa shape index (κ1) is 14.6. The second-order valence-corrected chi connectivity index (χ2v) is 4.84. The molecule has 0 aliphatic heterocycles. The average molecular weight is 281 g/mol. The van der Waals surface area contributed by atoms with Gasteiger partial charge in [0.25, 0.3) is 0 Å². The van der Waals surface area contributed by atoms with Crippen molar-refractivity contribution in [2.45, 2.75) is 32.1 Å². The Morgan fingerprint density at radius 1 is 1.25 bits per heavy atom. The Morgan fingerprint density at radius 2 is 1.95 bits per heavy atom. The number of halogens is 2. The van der Waals surface area contributed by atoms with E-state index in [0.717, 1.165) is 18.9 Å². The van der Waals surface area contributed by atoms with Crippen LogP contribution in [0.2, 0.25) is 0 Å². The Bertz CT molecular complexity index is 551. The van der Waals surface area contributed by atoms with Crippen molar-refractivity contribution in [2.24, 2.45) is 5.73 Å². The molecule has 0 bridgehead atoms. The highest BCUT2D eigenvalue weighted by atomic mass is 19.1. The van der Waals surface area contributed by atoms with Gasteiger partial charge in [0.15, 0.2) is 5.82 Å². The average Bonchev–Trinajstić information content (AvgIpc) is 2.83. The smallest absolute Gasteiger partial charge is 0.229 e. The molecule has 0 amide bonds. The van der Waals surface area contributed by atoms with Crippen molar-refractivity contribution < 1.29 is 13.3 Å². The number of rotatable bonds is 6. The van der Waals surface area contributed by atoms with Crippen molar-refractivity contribution in [3.05, 3.63) is 47.1 Å². The first-order valence-corrected chi connectivity index (χ1v) is 6.56. The van der Waals surface area contributed by atoms with E-state index in [1.54, 1.807) is 0 Å². The highest BCUT2D eigenvalue weighted by molar-refractivity contribution is 5.21. The Hall–Kier alpha value is -1.82. The Balaban J connectivity index is 2.05. The van der Waals surface area contributed by atoms with Gasteiger partial charge < -0.3 is 10.3 Å². The maximum absolute atomic E-state index is 13.1. The zero-order valence-corrected chi connectivity index (χ0v) is 11.3. The van der Waals surface area contributed by atoms with Crippen molar-refractivity contribution in [3.63, 3.8) is 0 Å². The summed E-state index contributed by atoms with van der Waals surface area (Å²) in [6, 6.07) is 3.36. The maximum atomic E-state index is 13.1. The fourth-order valence-corrected chi connectivity index (χ4v) is 1.98. The largest absolute Gasteiger partial charge is 0.339 e. The lowest BCUT2D eigenvalue weighted by Crippen LogP contribution is -2.02. The van der Waals surface area contributed by atoms with Crippen LogP contribution < -0.4 is 5.73 Å². The molecule has 1 aromatic carbocycles. The molecule has 2 aromatic rings. The summed E-state index contributed by atoms with van der Waals surface area (Å²) in [6.07, 6.45) is 1.99. The Labute approximate surface area is 116 Å². The van der Waals surface area contributed by atoms with Gasteiger partial charge >= 0.3 is 0 Å². The molecule has 0 saturated heterocycles. The lowest BCUT2D eigenvalue weighted by atomic mass is 10.1. The van der Waals surface area contributed by atoms with Crippen LogP contribution in [0, 0.1) is 11.6 Å². The first-order chi connectivity index (χ1) is 9.58. The summed E-state index contributed by atoms with van der Waals surface area (Å²) < 4.78 is 31.3. The minimum absolute atomic E-state index is 0.129. The van der Waals surface area contributed by atoms with Crippen molar-refractivity contribution in [1.82, 2.24) is 10.1 Å². The van der Waals surface area contributed by atoms with Crippen LogP contribution in [-0.2, 0) is 6.42 Å². The topological polar surface area (TPSA) is 64.9 Å². The van der Waals surface area contributed by atoms with Crippen LogP contribution in [0.4, 0.5) is 8.78 Å². The summed E-state index contributed by atoms with van der Waals surface area (Å²) in [7, 11) is 0. The SMILES string of the molecule is CC(CCCN)c1nc(Cc2cc(F)cc(F)c2)no1. The van der Waals surface area contributed by atoms with E-state index in [4.69, 9.17) is 10.3 Å². The Morgan fingerprint density at radius 3 is 2.60 bits per heavy atom. The molecule has 1 aromatic heterocycles. The zero-order valence-electron chi connectivity index (χ0n) is 11.3. The summed E-state index contributed by atoms with van der Waals surface area (Å²) in [6.45, 7) is 2.60. The highest BCUT2D eigenvalue weighted by Gasteiger charge is 2.14. The fraction of sp³-hybridized carbons (Fsp3) is 0.429. The molecular weight excluding hydrogens is 264 g/mol. The van der Waals surface area contributed by atoms with Crippen LogP contribution in [0.3, 0.4) is 0 Å². The van der Waals surface area contributed by atoms with Gasteiger partial charge in [-0.2, -0.15) is 4.98 Å². The van der Waals surface area contributed by atoms with Crippen LogP contribution in [0.1, 0.15) is 43.0 Å². The van der Waals surface area contributed by atoms with Crippen LogP contribution in [0.5, 0.6) is 0 Å². The molecule has 2 rings (SSSR count). The van der Waals surface area contributed by atoms with E-state index in [0.29, 0.717) is 23.8 Å². The molecule has 0 fully saturated rings. The number of nitrogens with zero attached hydrogens (tertiary/aromatic N) is 2. The van der Waals surface area contributed by atoms with Gasteiger partial charge in [0.2, 0.25) is 5.89 Å². The number of hydrogen-bond acceptors (Lipinski definition) is 4. The van der Waals surface area contributed by atoms with E-state index in [1.807, 2.05) is 6.92 Å². The number of nitrogens with two attached hydrogens (primary N) is 1. The molecule has 1 heterocycles. The van der Waals surface area contributed by atoms with Gasteiger partial charge in [0, 0.05) is 18.4 Å². The quantitative estimate of drug-likeness (QED) is 0.884. The van der Waals surface area contributed by atoms with Gasteiger partial charge in [-0.15, -0.1) is 0 Å². The van der Waals surface area contributed by atoms with Crippen molar-refractivity contribution in [1.29, 1.82) is 0 Å². The van der Waals surface area contributed by atoms with Crippen molar-refractivity contribution >= 4 is 0 Å². The van der Waals surface area contributed by atoms with Gasteiger partial charge in [-0.05, 0) is 37.1 Å².